The summed E-state index contributed by atoms with van der Waals surface area (Å²) in [4.78, 5) is 4.57. The summed E-state index contributed by atoms with van der Waals surface area (Å²) >= 11 is 0. The van der Waals surface area contributed by atoms with Gasteiger partial charge in [-0.2, -0.15) is 10.1 Å². The van der Waals surface area contributed by atoms with E-state index in [-0.39, 0.29) is 0 Å². The third-order valence-electron chi connectivity index (χ3n) is 4.21. The summed E-state index contributed by atoms with van der Waals surface area (Å²) in [7, 11) is 0. The van der Waals surface area contributed by atoms with Crippen LogP contribution in [0.2, 0.25) is 0 Å². The summed E-state index contributed by atoms with van der Waals surface area (Å²) in [6, 6.07) is 16.3. The molecule has 3 aromatic rings. The van der Waals surface area contributed by atoms with Gasteiger partial charge in [0.25, 0.3) is 0 Å². The van der Waals surface area contributed by atoms with Gasteiger partial charge in [-0.25, -0.2) is 0 Å². The Morgan fingerprint density at radius 2 is 1.42 bits per heavy atom. The molecule has 3 rings (SSSR count). The van der Waals surface area contributed by atoms with Crippen molar-refractivity contribution >= 4 is 23.1 Å². The van der Waals surface area contributed by atoms with E-state index in [1.807, 2.05) is 30.3 Å². The molecule has 0 amide bonds. The fraction of sp³-hybridized carbons (Fsp3) is 0.286. The number of benzene rings is 2. The fourth-order valence-electron chi connectivity index (χ4n) is 2.89. The minimum Gasteiger partial charge on any atom is -0.338 e. The van der Waals surface area contributed by atoms with E-state index in [2.05, 4.69) is 71.7 Å². The highest BCUT2D eigenvalue weighted by Gasteiger charge is 2.14. The Morgan fingerprint density at radius 3 is 2.04 bits per heavy atom. The molecule has 0 saturated heterocycles. The van der Waals surface area contributed by atoms with Gasteiger partial charge < -0.3 is 10.6 Å². The van der Waals surface area contributed by atoms with E-state index in [0.29, 0.717) is 23.6 Å². The first-order valence-corrected chi connectivity index (χ1v) is 8.96. The Kier molecular flexibility index (Phi) is 5.46. The summed E-state index contributed by atoms with van der Waals surface area (Å²) in [6.45, 7) is 8.80. The maximum absolute atomic E-state index is 4.57. The lowest BCUT2D eigenvalue weighted by atomic mass is 9.92. The summed E-state index contributed by atoms with van der Waals surface area (Å²) < 4.78 is 0. The van der Waals surface area contributed by atoms with Crippen LogP contribution in [0.25, 0.3) is 0 Å². The van der Waals surface area contributed by atoms with Gasteiger partial charge in [0.15, 0.2) is 5.82 Å². The maximum Gasteiger partial charge on any atom is 0.249 e. The van der Waals surface area contributed by atoms with E-state index in [0.717, 1.165) is 11.4 Å². The fourth-order valence-corrected chi connectivity index (χ4v) is 2.89. The van der Waals surface area contributed by atoms with Gasteiger partial charge in [-0.3, -0.25) is 0 Å². The molecule has 0 bridgehead atoms. The molecule has 0 aliphatic carbocycles. The minimum atomic E-state index is 0.410. The van der Waals surface area contributed by atoms with Gasteiger partial charge in [-0.15, -0.1) is 5.10 Å². The van der Waals surface area contributed by atoms with Crippen molar-refractivity contribution < 1.29 is 0 Å². The SMILES string of the molecule is CC(C)c1cccc(C(C)C)c1Nc1cnnc(Nc2ccccc2)n1. The molecule has 2 aromatic carbocycles. The van der Waals surface area contributed by atoms with Crippen LogP contribution in [0, 0.1) is 0 Å². The van der Waals surface area contributed by atoms with Gasteiger partial charge in [0.1, 0.15) is 0 Å². The molecule has 0 aliphatic heterocycles. The molecule has 134 valence electrons. The number of rotatable bonds is 6. The smallest absolute Gasteiger partial charge is 0.249 e. The van der Waals surface area contributed by atoms with Crippen molar-refractivity contribution in [2.75, 3.05) is 10.6 Å². The molecule has 0 radical (unpaired) electrons. The zero-order valence-corrected chi connectivity index (χ0v) is 15.7. The van der Waals surface area contributed by atoms with Crippen LogP contribution in [0.3, 0.4) is 0 Å². The van der Waals surface area contributed by atoms with Crippen LogP contribution >= 0.6 is 0 Å². The summed E-state index contributed by atoms with van der Waals surface area (Å²) in [5.74, 6) is 1.96. The van der Waals surface area contributed by atoms with E-state index in [1.54, 1.807) is 6.20 Å². The number of nitrogens with zero attached hydrogens (tertiary/aromatic N) is 3. The highest BCUT2D eigenvalue weighted by molar-refractivity contribution is 5.67. The van der Waals surface area contributed by atoms with Gasteiger partial charge in [-0.1, -0.05) is 64.1 Å². The van der Waals surface area contributed by atoms with Crippen LogP contribution in [0.1, 0.15) is 50.7 Å². The molecule has 0 atom stereocenters. The third-order valence-corrected chi connectivity index (χ3v) is 4.21. The van der Waals surface area contributed by atoms with Crippen LogP contribution in [0.15, 0.2) is 54.7 Å². The monoisotopic (exact) mass is 347 g/mol. The van der Waals surface area contributed by atoms with Crippen LogP contribution in [-0.4, -0.2) is 15.2 Å². The second-order valence-corrected chi connectivity index (χ2v) is 6.90. The Balaban J connectivity index is 1.91. The Labute approximate surface area is 154 Å². The largest absolute Gasteiger partial charge is 0.338 e. The maximum atomic E-state index is 4.57. The molecule has 1 heterocycles. The molecule has 0 spiro atoms. The summed E-state index contributed by atoms with van der Waals surface area (Å²) in [5.41, 5.74) is 4.58. The summed E-state index contributed by atoms with van der Waals surface area (Å²) in [5, 5.41) is 14.8. The normalized spacial score (nSPS) is 11.0. The number of para-hydroxylation sites is 2. The number of nitrogens with one attached hydrogen (secondary N) is 2. The molecular weight excluding hydrogens is 322 g/mol. The van der Waals surface area contributed by atoms with E-state index >= 15 is 0 Å². The average molecular weight is 347 g/mol. The van der Waals surface area contributed by atoms with Crippen molar-refractivity contribution in [2.45, 2.75) is 39.5 Å². The molecule has 0 saturated carbocycles. The molecule has 0 aliphatic rings. The zero-order chi connectivity index (χ0) is 18.5. The standard InChI is InChI=1S/C21H25N5/c1-14(2)17-11-8-12-18(15(3)4)20(17)24-19-13-22-26-21(25-19)23-16-9-6-5-7-10-16/h5-15H,1-4H3,(H2,23,24,25,26). The lowest BCUT2D eigenvalue weighted by molar-refractivity contribution is 0.837. The number of aromatic nitrogens is 3. The first-order valence-electron chi connectivity index (χ1n) is 8.96. The Bertz CT molecular complexity index is 833. The van der Waals surface area contributed by atoms with Crippen LogP contribution < -0.4 is 10.6 Å². The average Bonchev–Trinajstić information content (AvgIpc) is 2.62. The number of hydrogen-bond acceptors (Lipinski definition) is 5. The molecule has 0 unspecified atom stereocenters. The molecule has 2 N–H and O–H groups in total. The molecular formula is C21H25N5. The molecule has 5 nitrogen and oxygen atoms in total. The zero-order valence-electron chi connectivity index (χ0n) is 15.7. The second kappa shape index (κ2) is 7.95. The van der Waals surface area contributed by atoms with E-state index < -0.39 is 0 Å². The van der Waals surface area contributed by atoms with Crippen molar-refractivity contribution in [1.82, 2.24) is 15.2 Å². The highest BCUT2D eigenvalue weighted by atomic mass is 15.3. The number of anilines is 4. The van der Waals surface area contributed by atoms with Gasteiger partial charge in [0.2, 0.25) is 5.95 Å². The third kappa shape index (κ3) is 4.17. The highest BCUT2D eigenvalue weighted by Crippen LogP contribution is 2.34. The second-order valence-electron chi connectivity index (χ2n) is 6.90. The predicted molar refractivity (Wildman–Crippen MR) is 107 cm³/mol. The number of hydrogen-bond donors (Lipinski definition) is 2. The molecule has 1 aromatic heterocycles. The first kappa shape index (κ1) is 17.9. The first-order chi connectivity index (χ1) is 12.5. The summed E-state index contributed by atoms with van der Waals surface area (Å²) in [6.07, 6.45) is 1.65. The molecule has 0 fully saturated rings. The van der Waals surface area contributed by atoms with Crippen molar-refractivity contribution in [1.29, 1.82) is 0 Å². The lowest BCUT2D eigenvalue weighted by Crippen LogP contribution is -2.07. The molecule has 5 heteroatoms. The van der Waals surface area contributed by atoms with Crippen LogP contribution in [-0.2, 0) is 0 Å². The van der Waals surface area contributed by atoms with E-state index in [9.17, 15) is 0 Å². The van der Waals surface area contributed by atoms with Crippen molar-refractivity contribution in [2.24, 2.45) is 0 Å². The van der Waals surface area contributed by atoms with Gasteiger partial charge in [0.05, 0.1) is 6.20 Å². The van der Waals surface area contributed by atoms with Gasteiger partial charge in [-0.05, 0) is 35.1 Å². The Morgan fingerprint density at radius 1 is 0.769 bits per heavy atom. The van der Waals surface area contributed by atoms with Crippen LogP contribution in [0.4, 0.5) is 23.1 Å². The minimum absolute atomic E-state index is 0.410. The van der Waals surface area contributed by atoms with Crippen molar-refractivity contribution in [3.05, 3.63) is 65.9 Å². The Hall–Kier alpha value is -2.95. The lowest BCUT2D eigenvalue weighted by Gasteiger charge is -2.20. The predicted octanol–water partition coefficient (Wildman–Crippen LogP) is 5.61. The van der Waals surface area contributed by atoms with Crippen LogP contribution in [0.5, 0.6) is 0 Å². The van der Waals surface area contributed by atoms with Crippen molar-refractivity contribution in [3.8, 4) is 0 Å². The quantitative estimate of drug-likeness (QED) is 0.607. The topological polar surface area (TPSA) is 62.7 Å². The van der Waals surface area contributed by atoms with E-state index in [1.165, 1.54) is 11.1 Å². The molecule has 26 heavy (non-hydrogen) atoms. The van der Waals surface area contributed by atoms with Crippen molar-refractivity contribution in [3.63, 3.8) is 0 Å². The van der Waals surface area contributed by atoms with Gasteiger partial charge >= 0.3 is 0 Å². The van der Waals surface area contributed by atoms with Gasteiger partial charge in [0, 0.05) is 11.4 Å². The van der Waals surface area contributed by atoms with E-state index in [4.69, 9.17) is 0 Å².